The fourth-order valence-electron chi connectivity index (χ4n) is 1.74. The second-order valence-corrected chi connectivity index (χ2v) is 3.64. The van der Waals surface area contributed by atoms with Gasteiger partial charge in [0.25, 0.3) is 0 Å². The van der Waals surface area contributed by atoms with E-state index in [0.717, 1.165) is 35.3 Å². The van der Waals surface area contributed by atoms with Crippen LogP contribution < -0.4 is 0 Å². The van der Waals surface area contributed by atoms with Gasteiger partial charge in [0, 0.05) is 28.7 Å². The first-order valence-electron chi connectivity index (χ1n) is 4.82. The van der Waals surface area contributed by atoms with E-state index in [1.807, 2.05) is 26.1 Å². The Bertz CT molecular complexity index is 468. The van der Waals surface area contributed by atoms with Crippen molar-refractivity contribution in [2.45, 2.75) is 20.4 Å². The number of carbonyl (C=O) groups excluding carboxylic acids is 1. The van der Waals surface area contributed by atoms with Gasteiger partial charge in [-0.1, -0.05) is 0 Å². The Balaban J connectivity index is 2.36. The minimum absolute atomic E-state index is 0.752. The molecule has 0 aromatic carbocycles. The number of hydrogen-bond donors (Lipinski definition) is 1. The highest BCUT2D eigenvalue weighted by atomic mass is 16.1. The van der Waals surface area contributed by atoms with Gasteiger partial charge in [-0.05, 0) is 19.9 Å². The Morgan fingerprint density at radius 3 is 2.87 bits per heavy atom. The zero-order valence-electron chi connectivity index (χ0n) is 8.82. The van der Waals surface area contributed by atoms with Crippen molar-refractivity contribution in [3.8, 4) is 0 Å². The Morgan fingerprint density at radius 2 is 2.33 bits per heavy atom. The van der Waals surface area contributed by atoms with E-state index in [4.69, 9.17) is 0 Å². The van der Waals surface area contributed by atoms with Crippen LogP contribution in [0.25, 0.3) is 0 Å². The molecule has 0 aliphatic carbocycles. The summed E-state index contributed by atoms with van der Waals surface area (Å²) >= 11 is 0. The summed E-state index contributed by atoms with van der Waals surface area (Å²) in [7, 11) is 0. The quantitative estimate of drug-likeness (QED) is 0.772. The zero-order chi connectivity index (χ0) is 10.8. The highest BCUT2D eigenvalue weighted by molar-refractivity contribution is 5.77. The second-order valence-electron chi connectivity index (χ2n) is 3.64. The molecule has 0 fully saturated rings. The summed E-state index contributed by atoms with van der Waals surface area (Å²) in [5, 5.41) is 6.67. The minimum Gasteiger partial charge on any atom is -0.344 e. The van der Waals surface area contributed by atoms with Gasteiger partial charge in [0.05, 0.1) is 12.7 Å². The van der Waals surface area contributed by atoms with Gasteiger partial charge in [-0.3, -0.25) is 9.89 Å². The number of aldehydes is 1. The van der Waals surface area contributed by atoms with Gasteiger partial charge in [0.2, 0.25) is 0 Å². The monoisotopic (exact) mass is 203 g/mol. The van der Waals surface area contributed by atoms with Crippen LogP contribution in [0.4, 0.5) is 0 Å². The maximum Gasteiger partial charge on any atom is 0.151 e. The van der Waals surface area contributed by atoms with Crippen LogP contribution in [0, 0.1) is 13.8 Å². The van der Waals surface area contributed by atoms with Gasteiger partial charge in [-0.15, -0.1) is 0 Å². The molecule has 0 aliphatic rings. The number of hydrogen-bond acceptors (Lipinski definition) is 2. The van der Waals surface area contributed by atoms with Crippen LogP contribution in [-0.4, -0.2) is 21.1 Å². The van der Waals surface area contributed by atoms with E-state index in [2.05, 4.69) is 14.8 Å². The molecule has 0 atom stereocenters. The molecule has 0 bridgehead atoms. The van der Waals surface area contributed by atoms with Crippen molar-refractivity contribution in [3.63, 3.8) is 0 Å². The van der Waals surface area contributed by atoms with Crippen molar-refractivity contribution in [2.75, 3.05) is 0 Å². The van der Waals surface area contributed by atoms with Gasteiger partial charge in [0.1, 0.15) is 0 Å². The number of aromatic amines is 1. The lowest BCUT2D eigenvalue weighted by Gasteiger charge is -2.07. The summed E-state index contributed by atoms with van der Waals surface area (Å²) in [6.07, 6.45) is 4.55. The van der Waals surface area contributed by atoms with E-state index in [1.54, 1.807) is 6.20 Å². The van der Waals surface area contributed by atoms with Gasteiger partial charge in [0.15, 0.2) is 6.29 Å². The Kier molecular flexibility index (Phi) is 2.41. The third kappa shape index (κ3) is 1.70. The summed E-state index contributed by atoms with van der Waals surface area (Å²) in [6, 6.07) is 1.91. The SMILES string of the molecule is Cc1cc(C=O)c(C)n1Cc1cn[nH]c1. The van der Waals surface area contributed by atoms with Crippen LogP contribution in [0.5, 0.6) is 0 Å². The highest BCUT2D eigenvalue weighted by Gasteiger charge is 2.08. The third-order valence-corrected chi connectivity index (χ3v) is 2.64. The molecular formula is C11H13N3O. The smallest absolute Gasteiger partial charge is 0.151 e. The Hall–Kier alpha value is -1.84. The first-order chi connectivity index (χ1) is 7.22. The van der Waals surface area contributed by atoms with Gasteiger partial charge >= 0.3 is 0 Å². The van der Waals surface area contributed by atoms with E-state index >= 15 is 0 Å². The largest absolute Gasteiger partial charge is 0.344 e. The van der Waals surface area contributed by atoms with Crippen LogP contribution in [-0.2, 0) is 6.54 Å². The van der Waals surface area contributed by atoms with Crippen LogP contribution in [0.3, 0.4) is 0 Å². The van der Waals surface area contributed by atoms with Crippen LogP contribution in [0.15, 0.2) is 18.5 Å². The summed E-state index contributed by atoms with van der Waals surface area (Å²) < 4.78 is 2.11. The van der Waals surface area contributed by atoms with Crippen LogP contribution >= 0.6 is 0 Å². The molecule has 0 saturated carbocycles. The molecule has 2 aromatic rings. The molecule has 0 radical (unpaired) electrons. The maximum absolute atomic E-state index is 10.8. The topological polar surface area (TPSA) is 50.7 Å². The Labute approximate surface area is 87.9 Å². The van der Waals surface area contributed by atoms with Crippen molar-refractivity contribution in [1.82, 2.24) is 14.8 Å². The number of carbonyl (C=O) groups is 1. The molecule has 4 nitrogen and oxygen atoms in total. The molecule has 0 amide bonds. The summed E-state index contributed by atoms with van der Waals surface area (Å²) in [6.45, 7) is 4.71. The lowest BCUT2D eigenvalue weighted by Crippen LogP contribution is -2.03. The Morgan fingerprint density at radius 1 is 1.53 bits per heavy atom. The standard InChI is InChI=1S/C11H13N3O/c1-8-3-11(7-15)9(2)14(8)6-10-4-12-13-5-10/h3-5,7H,6H2,1-2H3,(H,12,13). The molecular weight excluding hydrogens is 190 g/mol. The number of aromatic nitrogens is 3. The molecule has 0 aliphatic heterocycles. The normalized spacial score (nSPS) is 10.5. The van der Waals surface area contributed by atoms with Gasteiger partial charge < -0.3 is 4.57 Å². The highest BCUT2D eigenvalue weighted by Crippen LogP contribution is 2.14. The molecule has 0 saturated heterocycles. The fraction of sp³-hybridized carbons (Fsp3) is 0.273. The number of aryl methyl sites for hydroxylation is 1. The molecule has 0 spiro atoms. The third-order valence-electron chi connectivity index (χ3n) is 2.64. The van der Waals surface area contributed by atoms with Crippen molar-refractivity contribution in [3.05, 3.63) is 41.0 Å². The molecule has 15 heavy (non-hydrogen) atoms. The number of H-pyrrole nitrogens is 1. The average molecular weight is 203 g/mol. The van der Waals surface area contributed by atoms with Crippen molar-refractivity contribution in [2.24, 2.45) is 0 Å². The number of nitrogens with zero attached hydrogens (tertiary/aromatic N) is 2. The van der Waals surface area contributed by atoms with Crippen molar-refractivity contribution in [1.29, 1.82) is 0 Å². The summed E-state index contributed by atoms with van der Waals surface area (Å²) in [5.74, 6) is 0. The first-order valence-corrected chi connectivity index (χ1v) is 4.82. The van der Waals surface area contributed by atoms with Gasteiger partial charge in [-0.2, -0.15) is 5.10 Å². The number of nitrogens with one attached hydrogen (secondary N) is 1. The predicted octanol–water partition coefficient (Wildman–Crippen LogP) is 1.69. The van der Waals surface area contributed by atoms with Crippen molar-refractivity contribution >= 4 is 6.29 Å². The maximum atomic E-state index is 10.8. The first kappa shape index (κ1) is 9.71. The average Bonchev–Trinajstić information content (AvgIpc) is 2.81. The molecule has 2 aromatic heterocycles. The summed E-state index contributed by atoms with van der Waals surface area (Å²) in [4.78, 5) is 10.8. The van der Waals surface area contributed by atoms with E-state index in [1.165, 1.54) is 0 Å². The van der Waals surface area contributed by atoms with E-state index in [0.29, 0.717) is 0 Å². The molecule has 4 heteroatoms. The van der Waals surface area contributed by atoms with Crippen LogP contribution in [0.2, 0.25) is 0 Å². The predicted molar refractivity (Wildman–Crippen MR) is 57.0 cm³/mol. The second kappa shape index (κ2) is 3.73. The minimum atomic E-state index is 0.752. The fourth-order valence-corrected chi connectivity index (χ4v) is 1.74. The lowest BCUT2D eigenvalue weighted by atomic mass is 10.3. The van der Waals surface area contributed by atoms with Crippen LogP contribution in [0.1, 0.15) is 27.3 Å². The van der Waals surface area contributed by atoms with E-state index in [-0.39, 0.29) is 0 Å². The molecule has 78 valence electrons. The zero-order valence-corrected chi connectivity index (χ0v) is 8.82. The van der Waals surface area contributed by atoms with Gasteiger partial charge in [-0.25, -0.2) is 0 Å². The summed E-state index contributed by atoms with van der Waals surface area (Å²) in [5.41, 5.74) is 3.96. The number of rotatable bonds is 3. The molecule has 1 N–H and O–H groups in total. The van der Waals surface area contributed by atoms with E-state index in [9.17, 15) is 4.79 Å². The molecule has 2 rings (SSSR count). The lowest BCUT2D eigenvalue weighted by molar-refractivity contribution is 0.112. The molecule has 2 heterocycles. The molecule has 0 unspecified atom stereocenters. The van der Waals surface area contributed by atoms with Crippen molar-refractivity contribution < 1.29 is 4.79 Å². The van der Waals surface area contributed by atoms with E-state index < -0.39 is 0 Å².